The summed E-state index contributed by atoms with van der Waals surface area (Å²) in [5.74, 6) is 0.0907. The summed E-state index contributed by atoms with van der Waals surface area (Å²) >= 11 is 1.77. The number of fused-ring (bicyclic) bond motifs is 1. The highest BCUT2D eigenvalue weighted by atomic mass is 32.1. The van der Waals surface area contributed by atoms with E-state index in [2.05, 4.69) is 47.4 Å². The van der Waals surface area contributed by atoms with Crippen molar-refractivity contribution in [3.05, 3.63) is 46.6 Å². The number of carbonyl (C=O) groups excluding carboxylic acids is 2. The first kappa shape index (κ1) is 24.6. The highest BCUT2D eigenvalue weighted by Crippen LogP contribution is 2.37. The zero-order chi connectivity index (χ0) is 25.4. The summed E-state index contributed by atoms with van der Waals surface area (Å²) in [5.41, 5.74) is 9.23. The van der Waals surface area contributed by atoms with Gasteiger partial charge >= 0.3 is 11.8 Å². The molecule has 0 aliphatic carbocycles. The minimum absolute atomic E-state index is 0.151. The van der Waals surface area contributed by atoms with Gasteiger partial charge in [-0.25, -0.2) is 9.97 Å². The topological polar surface area (TPSA) is 104 Å². The van der Waals surface area contributed by atoms with E-state index in [0.717, 1.165) is 49.0 Å². The lowest BCUT2D eigenvalue weighted by Crippen LogP contribution is -2.46. The van der Waals surface area contributed by atoms with Crippen molar-refractivity contribution in [2.24, 2.45) is 5.92 Å². The van der Waals surface area contributed by atoms with Crippen molar-refractivity contribution in [1.82, 2.24) is 19.8 Å². The first-order valence-electron chi connectivity index (χ1n) is 12.8. The van der Waals surface area contributed by atoms with Gasteiger partial charge in [0.15, 0.2) is 0 Å². The first-order valence-corrected chi connectivity index (χ1v) is 13.6. The van der Waals surface area contributed by atoms with Gasteiger partial charge < -0.3 is 20.9 Å². The average Bonchev–Trinajstić information content (AvgIpc) is 3.50. The number of nitrogens with one attached hydrogen (secondary N) is 1. The highest BCUT2D eigenvalue weighted by Gasteiger charge is 2.34. The summed E-state index contributed by atoms with van der Waals surface area (Å²) in [6.45, 7) is 6.80. The van der Waals surface area contributed by atoms with Crippen molar-refractivity contribution in [1.29, 1.82) is 0 Å². The second-order valence-electron chi connectivity index (χ2n) is 10.3. The lowest BCUT2D eigenvalue weighted by molar-refractivity contribution is -0.146. The molecule has 0 radical (unpaired) electrons. The molecule has 8 nitrogen and oxygen atoms in total. The van der Waals surface area contributed by atoms with Gasteiger partial charge in [-0.05, 0) is 74.5 Å². The molecule has 3 atom stereocenters. The van der Waals surface area contributed by atoms with Gasteiger partial charge in [-0.2, -0.15) is 0 Å². The molecule has 3 N–H and O–H groups in total. The lowest BCUT2D eigenvalue weighted by atomic mass is 9.89. The molecule has 1 aromatic carbocycles. The van der Waals surface area contributed by atoms with Crippen LogP contribution in [0.15, 0.2) is 30.5 Å². The Balaban J connectivity index is 1.37. The molecule has 2 aromatic heterocycles. The molecule has 9 heteroatoms. The molecule has 2 saturated heterocycles. The third-order valence-electron chi connectivity index (χ3n) is 7.47. The monoisotopic (exact) mass is 506 g/mol. The Morgan fingerprint density at radius 2 is 2.03 bits per heavy atom. The molecular formula is C27H34N6O2S. The normalized spacial score (nSPS) is 22.8. The quantitative estimate of drug-likeness (QED) is 0.514. The van der Waals surface area contributed by atoms with Crippen molar-refractivity contribution in [3.8, 4) is 0 Å². The minimum atomic E-state index is -0.648. The molecule has 0 bridgehead atoms. The van der Waals surface area contributed by atoms with E-state index >= 15 is 0 Å². The Kier molecular flexibility index (Phi) is 6.94. The number of nitrogens with two attached hydrogens (primary N) is 1. The van der Waals surface area contributed by atoms with Crippen LogP contribution in [0.2, 0.25) is 0 Å². The van der Waals surface area contributed by atoms with E-state index in [9.17, 15) is 9.59 Å². The van der Waals surface area contributed by atoms with Crippen LogP contribution in [0.4, 0.5) is 11.5 Å². The zero-order valence-electron chi connectivity index (χ0n) is 21.2. The summed E-state index contributed by atoms with van der Waals surface area (Å²) in [4.78, 5) is 39.6. The number of aromatic nitrogens is 2. The molecule has 2 fully saturated rings. The Bertz CT molecular complexity index is 1290. The number of piperidine rings is 1. The summed E-state index contributed by atoms with van der Waals surface area (Å²) in [6.07, 6.45) is 5.16. The van der Waals surface area contributed by atoms with Crippen LogP contribution in [0.1, 0.15) is 61.2 Å². The smallest absolute Gasteiger partial charge is 0.313 e. The van der Waals surface area contributed by atoms with Gasteiger partial charge in [-0.1, -0.05) is 19.9 Å². The average molecular weight is 507 g/mol. The fraction of sp³-hybridized carbons (Fsp3) is 0.481. The molecule has 2 aliphatic heterocycles. The number of likely N-dealkylation sites (N-methyl/N-ethyl adjacent to an activating group) is 1. The number of rotatable bonds is 4. The third kappa shape index (κ3) is 4.95. The van der Waals surface area contributed by atoms with E-state index in [-0.39, 0.29) is 6.04 Å². The number of pyridine rings is 1. The van der Waals surface area contributed by atoms with E-state index in [1.54, 1.807) is 22.3 Å². The van der Waals surface area contributed by atoms with Crippen LogP contribution >= 0.6 is 11.3 Å². The van der Waals surface area contributed by atoms with Crippen LogP contribution in [0.5, 0.6) is 0 Å². The lowest BCUT2D eigenvalue weighted by Gasteiger charge is -2.38. The van der Waals surface area contributed by atoms with Gasteiger partial charge in [0.05, 0.1) is 33.2 Å². The SMILES string of the molecule is CCc1cc(NC(=O)C(=O)N2C[C@@H](C)CC[C@@H]2c2ccc3sc([C@H]4CCN(C)C4)nc3c2)cnc1N. The molecule has 3 aromatic rings. The fourth-order valence-corrected chi connectivity index (χ4v) is 6.47. The number of benzene rings is 1. The number of thiazole rings is 1. The van der Waals surface area contributed by atoms with Crippen molar-refractivity contribution in [2.75, 3.05) is 37.7 Å². The summed E-state index contributed by atoms with van der Waals surface area (Å²) < 4.78 is 1.17. The van der Waals surface area contributed by atoms with E-state index in [1.807, 2.05) is 6.92 Å². The van der Waals surface area contributed by atoms with Crippen molar-refractivity contribution >= 4 is 44.9 Å². The number of hydrogen-bond acceptors (Lipinski definition) is 7. The van der Waals surface area contributed by atoms with E-state index in [0.29, 0.717) is 36.3 Å². The minimum Gasteiger partial charge on any atom is -0.383 e. The van der Waals surface area contributed by atoms with Gasteiger partial charge in [0.2, 0.25) is 0 Å². The van der Waals surface area contributed by atoms with Crippen LogP contribution in [-0.2, 0) is 16.0 Å². The molecule has 4 heterocycles. The molecule has 190 valence electrons. The van der Waals surface area contributed by atoms with E-state index in [1.165, 1.54) is 15.9 Å². The van der Waals surface area contributed by atoms with E-state index in [4.69, 9.17) is 10.7 Å². The Hall–Kier alpha value is -3.04. The Morgan fingerprint density at radius 1 is 1.19 bits per heavy atom. The number of likely N-dealkylation sites (tertiary alicyclic amines) is 2. The fourth-order valence-electron chi connectivity index (χ4n) is 5.39. The zero-order valence-corrected chi connectivity index (χ0v) is 22.0. The molecule has 36 heavy (non-hydrogen) atoms. The Labute approximate surface area is 215 Å². The first-order chi connectivity index (χ1) is 17.3. The number of aryl methyl sites for hydroxylation is 1. The second kappa shape index (κ2) is 10.1. The van der Waals surface area contributed by atoms with Crippen molar-refractivity contribution in [2.45, 2.75) is 51.5 Å². The maximum Gasteiger partial charge on any atom is 0.313 e. The number of nitrogens with zero attached hydrogens (tertiary/aromatic N) is 4. The van der Waals surface area contributed by atoms with Crippen LogP contribution < -0.4 is 11.1 Å². The second-order valence-corrected chi connectivity index (χ2v) is 11.3. The number of carbonyl (C=O) groups is 2. The summed E-state index contributed by atoms with van der Waals surface area (Å²) in [5, 5.41) is 3.93. The molecule has 2 amide bonds. The number of hydrogen-bond donors (Lipinski definition) is 2. The Morgan fingerprint density at radius 3 is 2.78 bits per heavy atom. The van der Waals surface area contributed by atoms with Crippen LogP contribution in [0, 0.1) is 5.92 Å². The molecule has 2 aliphatic rings. The predicted molar refractivity (Wildman–Crippen MR) is 144 cm³/mol. The molecule has 0 unspecified atom stereocenters. The van der Waals surface area contributed by atoms with Crippen LogP contribution in [0.25, 0.3) is 10.2 Å². The standard InChI is InChI=1S/C27H34N6O2S/c1-4-17-11-20(13-29-24(17)28)30-25(34)27(35)33-14-16(2)5-7-22(33)18-6-8-23-21(12-18)31-26(36-23)19-9-10-32(3)15-19/h6,8,11-13,16,19,22H,4-5,7,9-10,14-15H2,1-3H3,(H2,28,29)(H,30,34)/t16-,19-,22+/m0/s1. The maximum absolute atomic E-state index is 13.4. The number of nitrogen functional groups attached to an aromatic ring is 1. The van der Waals surface area contributed by atoms with E-state index < -0.39 is 11.8 Å². The number of amides is 2. The van der Waals surface area contributed by atoms with Gasteiger partial charge in [0.25, 0.3) is 0 Å². The summed E-state index contributed by atoms with van der Waals surface area (Å²) in [7, 11) is 2.16. The summed E-state index contributed by atoms with van der Waals surface area (Å²) in [6, 6.07) is 7.96. The van der Waals surface area contributed by atoms with Gasteiger partial charge in [-0.3, -0.25) is 9.59 Å². The van der Waals surface area contributed by atoms with Gasteiger partial charge in [-0.15, -0.1) is 11.3 Å². The van der Waals surface area contributed by atoms with Gasteiger partial charge in [0, 0.05) is 19.0 Å². The number of anilines is 2. The van der Waals surface area contributed by atoms with Crippen LogP contribution in [0.3, 0.4) is 0 Å². The largest absolute Gasteiger partial charge is 0.383 e. The highest BCUT2D eigenvalue weighted by molar-refractivity contribution is 7.18. The molecule has 0 spiro atoms. The molecule has 0 saturated carbocycles. The van der Waals surface area contributed by atoms with Crippen molar-refractivity contribution in [3.63, 3.8) is 0 Å². The third-order valence-corrected chi connectivity index (χ3v) is 8.67. The van der Waals surface area contributed by atoms with Crippen molar-refractivity contribution < 1.29 is 9.59 Å². The van der Waals surface area contributed by atoms with Gasteiger partial charge in [0.1, 0.15) is 5.82 Å². The molecular weight excluding hydrogens is 472 g/mol. The predicted octanol–water partition coefficient (Wildman–Crippen LogP) is 4.19. The molecule has 5 rings (SSSR count). The van der Waals surface area contributed by atoms with Crippen LogP contribution in [-0.4, -0.2) is 58.3 Å². The maximum atomic E-state index is 13.4.